The number of aliphatic hydroxyl groups is 2. The Hall–Kier alpha value is -1.26. The predicted molar refractivity (Wildman–Crippen MR) is 93.1 cm³/mol. The summed E-state index contributed by atoms with van der Waals surface area (Å²) < 4.78 is 0.810. The van der Waals surface area contributed by atoms with Crippen LogP contribution in [0.3, 0.4) is 0 Å². The van der Waals surface area contributed by atoms with E-state index in [1.54, 1.807) is 0 Å². The highest BCUT2D eigenvalue weighted by atomic mass is 32.2. The lowest BCUT2D eigenvalue weighted by Crippen LogP contribution is -2.52. The molecular weight excluding hydrogens is 338 g/mol. The van der Waals surface area contributed by atoms with Crippen LogP contribution >= 0.6 is 24.0 Å². The molecule has 0 radical (unpaired) electrons. The first kappa shape index (κ1) is 18.1. The third-order valence-corrected chi connectivity index (χ3v) is 5.39. The maximum Gasteiger partial charge on any atom is 0.269 e. The third-order valence-electron chi connectivity index (χ3n) is 3.81. The van der Waals surface area contributed by atoms with E-state index < -0.39 is 17.1 Å². The molecule has 0 bridgehead atoms. The Morgan fingerprint density at radius 2 is 2.09 bits per heavy atom. The summed E-state index contributed by atoms with van der Waals surface area (Å²) in [5.74, 6) is 0.588. The highest BCUT2D eigenvalue weighted by Gasteiger charge is 2.31. The average Bonchev–Trinajstić information content (AvgIpc) is 2.56. The summed E-state index contributed by atoms with van der Waals surface area (Å²) in [4.78, 5) is 14.2. The van der Waals surface area contributed by atoms with Gasteiger partial charge >= 0.3 is 0 Å². The van der Waals surface area contributed by atoms with Crippen LogP contribution in [0.5, 0.6) is 0 Å². The first-order valence-electron chi connectivity index (χ1n) is 7.17. The van der Waals surface area contributed by atoms with E-state index in [1.807, 2.05) is 16.7 Å². The molecule has 7 nitrogen and oxygen atoms in total. The Morgan fingerprint density at radius 3 is 2.61 bits per heavy atom. The van der Waals surface area contributed by atoms with Crippen LogP contribution in [0.2, 0.25) is 0 Å². The first-order chi connectivity index (χ1) is 11.0. The van der Waals surface area contributed by atoms with Crippen molar-refractivity contribution < 1.29 is 15.1 Å². The number of thioether (sulfide) groups is 1. The van der Waals surface area contributed by atoms with Crippen LogP contribution in [0, 0.1) is 10.1 Å². The first-order valence-corrected chi connectivity index (χ1v) is 8.56. The number of hydrogen-bond acceptors (Lipinski definition) is 7. The summed E-state index contributed by atoms with van der Waals surface area (Å²) in [5.41, 5.74) is 0.508. The van der Waals surface area contributed by atoms with Gasteiger partial charge in [-0.2, -0.15) is 0 Å². The fraction of sp³-hybridized carbons (Fsp3) is 0.500. The zero-order chi connectivity index (χ0) is 17.0. The molecule has 2 atom stereocenters. The number of thiocarbonyl (C=S) groups is 1. The molecule has 0 spiro atoms. The minimum absolute atomic E-state index is 0.0301. The minimum atomic E-state index is -0.938. The van der Waals surface area contributed by atoms with E-state index in [0.29, 0.717) is 18.1 Å². The monoisotopic (exact) mass is 357 g/mol. The van der Waals surface area contributed by atoms with Crippen LogP contribution in [0.1, 0.15) is 18.6 Å². The number of non-ortho nitro benzene ring substituents is 1. The topological polar surface area (TPSA) is 90.1 Å². The molecule has 1 aromatic carbocycles. The second-order valence-corrected chi connectivity index (χ2v) is 6.75. The Labute approximate surface area is 144 Å². The fourth-order valence-electron chi connectivity index (χ4n) is 2.41. The van der Waals surface area contributed by atoms with Gasteiger partial charge in [0.05, 0.1) is 36.2 Å². The molecule has 0 aliphatic carbocycles. The van der Waals surface area contributed by atoms with Gasteiger partial charge in [-0.1, -0.05) is 24.0 Å². The predicted octanol–water partition coefficient (Wildman–Crippen LogP) is 1.56. The summed E-state index contributed by atoms with van der Waals surface area (Å²) in [7, 11) is 0. The second-order valence-electron chi connectivity index (χ2n) is 5.17. The lowest BCUT2D eigenvalue weighted by atomic mass is 10.0. The summed E-state index contributed by atoms with van der Waals surface area (Å²) >= 11 is 6.77. The van der Waals surface area contributed by atoms with Crippen molar-refractivity contribution in [3.05, 3.63) is 39.9 Å². The SMILES string of the molecule is CCN1CN(C(CO)[C@H](O)c2ccc([N+](=O)[O-])cc2)CSC1=S. The molecule has 0 saturated carbocycles. The molecule has 23 heavy (non-hydrogen) atoms. The van der Waals surface area contributed by atoms with E-state index in [-0.39, 0.29) is 12.3 Å². The van der Waals surface area contributed by atoms with Crippen molar-refractivity contribution in [3.63, 3.8) is 0 Å². The van der Waals surface area contributed by atoms with Gasteiger partial charge in [-0.05, 0) is 24.6 Å². The summed E-state index contributed by atoms with van der Waals surface area (Å²) in [5, 5.41) is 31.0. The van der Waals surface area contributed by atoms with E-state index in [1.165, 1.54) is 36.0 Å². The molecule has 9 heteroatoms. The number of aliphatic hydroxyl groups excluding tert-OH is 2. The van der Waals surface area contributed by atoms with Crippen LogP contribution in [-0.4, -0.2) is 61.0 Å². The smallest absolute Gasteiger partial charge is 0.269 e. The van der Waals surface area contributed by atoms with Crippen molar-refractivity contribution in [1.29, 1.82) is 0 Å². The van der Waals surface area contributed by atoms with Crippen molar-refractivity contribution in [3.8, 4) is 0 Å². The molecule has 2 rings (SSSR count). The Morgan fingerprint density at radius 1 is 1.43 bits per heavy atom. The van der Waals surface area contributed by atoms with Gasteiger partial charge < -0.3 is 15.1 Å². The van der Waals surface area contributed by atoms with E-state index in [9.17, 15) is 20.3 Å². The number of nitrogens with zero attached hydrogens (tertiary/aromatic N) is 3. The normalized spacial score (nSPS) is 18.7. The highest BCUT2D eigenvalue weighted by molar-refractivity contribution is 8.22. The zero-order valence-corrected chi connectivity index (χ0v) is 14.3. The van der Waals surface area contributed by atoms with Crippen molar-refractivity contribution in [1.82, 2.24) is 9.80 Å². The average molecular weight is 357 g/mol. The van der Waals surface area contributed by atoms with E-state index in [0.717, 1.165) is 10.9 Å². The van der Waals surface area contributed by atoms with Gasteiger partial charge in [0.25, 0.3) is 5.69 Å². The van der Waals surface area contributed by atoms with Gasteiger partial charge in [0.1, 0.15) is 4.32 Å². The van der Waals surface area contributed by atoms with Gasteiger partial charge in [0, 0.05) is 18.7 Å². The quantitative estimate of drug-likeness (QED) is 0.450. The van der Waals surface area contributed by atoms with Gasteiger partial charge in [-0.15, -0.1) is 0 Å². The third kappa shape index (κ3) is 4.18. The second kappa shape index (κ2) is 8.02. The largest absolute Gasteiger partial charge is 0.395 e. The van der Waals surface area contributed by atoms with Gasteiger partial charge in [0.15, 0.2) is 0 Å². The molecule has 1 aromatic rings. The molecule has 1 fully saturated rings. The number of rotatable bonds is 6. The summed E-state index contributed by atoms with van der Waals surface area (Å²) in [6, 6.07) is 5.24. The fourth-order valence-corrected chi connectivity index (χ4v) is 3.67. The standard InChI is InChI=1S/C14H19N3O4S2/c1-2-15-8-16(9-23-14(15)22)12(7-18)13(19)10-3-5-11(6-4-10)17(20)21/h3-6,12-13,18-19H,2,7-9H2,1H3/t12?,13-/m1/s1. The minimum Gasteiger partial charge on any atom is -0.395 e. The van der Waals surface area contributed by atoms with Crippen LogP contribution in [0.25, 0.3) is 0 Å². The molecule has 1 saturated heterocycles. The van der Waals surface area contributed by atoms with Crippen molar-refractivity contribution in [2.24, 2.45) is 0 Å². The molecule has 0 amide bonds. The Balaban J connectivity index is 2.13. The molecule has 2 N–H and O–H groups in total. The molecule has 1 aliphatic rings. The number of benzene rings is 1. The van der Waals surface area contributed by atoms with E-state index in [4.69, 9.17) is 12.2 Å². The van der Waals surface area contributed by atoms with E-state index in [2.05, 4.69) is 0 Å². The zero-order valence-electron chi connectivity index (χ0n) is 12.7. The van der Waals surface area contributed by atoms with Crippen LogP contribution < -0.4 is 0 Å². The highest BCUT2D eigenvalue weighted by Crippen LogP contribution is 2.27. The van der Waals surface area contributed by atoms with Gasteiger partial charge in [-0.25, -0.2) is 0 Å². The van der Waals surface area contributed by atoms with Crippen molar-refractivity contribution >= 4 is 34.0 Å². The maximum absolute atomic E-state index is 10.7. The van der Waals surface area contributed by atoms with Crippen LogP contribution in [-0.2, 0) is 0 Å². The lowest BCUT2D eigenvalue weighted by molar-refractivity contribution is -0.384. The number of nitro groups is 1. The van der Waals surface area contributed by atoms with Crippen molar-refractivity contribution in [2.45, 2.75) is 19.1 Å². The molecule has 1 aliphatic heterocycles. The Bertz CT molecular complexity index is 570. The molecule has 1 unspecified atom stereocenters. The van der Waals surface area contributed by atoms with E-state index >= 15 is 0 Å². The Kier molecular flexibility index (Phi) is 6.31. The number of nitro benzene ring substituents is 1. The van der Waals surface area contributed by atoms with Crippen LogP contribution in [0.4, 0.5) is 5.69 Å². The number of hydrogen-bond donors (Lipinski definition) is 2. The molecule has 0 aromatic heterocycles. The van der Waals surface area contributed by atoms with Crippen molar-refractivity contribution in [2.75, 3.05) is 25.7 Å². The lowest BCUT2D eigenvalue weighted by Gasteiger charge is -2.41. The molecule has 126 valence electrons. The van der Waals surface area contributed by atoms with Crippen LogP contribution in [0.15, 0.2) is 24.3 Å². The van der Waals surface area contributed by atoms with Gasteiger partial charge in [-0.3, -0.25) is 15.0 Å². The summed E-state index contributed by atoms with van der Waals surface area (Å²) in [6.45, 7) is 3.08. The summed E-state index contributed by atoms with van der Waals surface area (Å²) in [6.07, 6.45) is -0.938. The molecular formula is C14H19N3O4S2. The van der Waals surface area contributed by atoms with Gasteiger partial charge in [0.2, 0.25) is 0 Å². The maximum atomic E-state index is 10.7. The molecule has 1 heterocycles.